The van der Waals surface area contributed by atoms with Gasteiger partial charge in [-0.1, -0.05) is 0 Å². The Balaban J connectivity index is 4.19. The Morgan fingerprint density at radius 2 is 1.71 bits per heavy atom. The monoisotopic (exact) mass is 384 g/mol. The van der Waals surface area contributed by atoms with E-state index in [4.69, 9.17) is 5.11 Å². The van der Waals surface area contributed by atoms with E-state index in [0.29, 0.717) is 13.8 Å². The van der Waals surface area contributed by atoms with Crippen molar-refractivity contribution in [2.75, 3.05) is 0 Å². The number of carbonyl (C=O) groups is 1. The summed E-state index contributed by atoms with van der Waals surface area (Å²) in [6, 6.07) is 0. The van der Waals surface area contributed by atoms with Crippen LogP contribution in [0.5, 0.6) is 0 Å². The Labute approximate surface area is 106 Å². The second-order valence-electron chi connectivity index (χ2n) is 3.06. The molecule has 0 spiro atoms. The summed E-state index contributed by atoms with van der Waals surface area (Å²) in [5, 5.41) is 8.73. The molecular weight excluding hydrogens is 365 g/mol. The Kier molecular flexibility index (Phi) is 7.66. The van der Waals surface area contributed by atoms with E-state index < -0.39 is 5.97 Å². The first kappa shape index (κ1) is 14.9. The molecule has 0 rings (SSSR count). The summed E-state index contributed by atoms with van der Waals surface area (Å²) >= 11 is 0.451. The zero-order valence-corrected chi connectivity index (χ0v) is 15.3. The average molecular weight is 384 g/mol. The second kappa shape index (κ2) is 7.21. The van der Waals surface area contributed by atoms with Crippen molar-refractivity contribution < 1.29 is 9.90 Å². The SMILES string of the molecule is C=C(CCC([AsH]C)([AsH]C)[AsH]C)C(=O)O. The van der Waals surface area contributed by atoms with Crippen LogP contribution in [-0.4, -0.2) is 58.3 Å². The van der Waals surface area contributed by atoms with Crippen molar-refractivity contribution in [3.05, 3.63) is 12.2 Å². The number of hydrogen-bond acceptors (Lipinski definition) is 1. The van der Waals surface area contributed by atoms with Gasteiger partial charge in [0.15, 0.2) is 0 Å². The van der Waals surface area contributed by atoms with E-state index >= 15 is 0 Å². The normalized spacial score (nSPS) is 17.4. The van der Waals surface area contributed by atoms with Crippen molar-refractivity contribution in [3.63, 3.8) is 0 Å². The third kappa shape index (κ3) is 4.60. The minimum absolute atomic E-state index is 0.150. The first-order valence-electron chi connectivity index (χ1n) is 4.49. The Morgan fingerprint density at radius 3 is 2.00 bits per heavy atom. The molecule has 0 aromatic heterocycles. The molecule has 5 heteroatoms. The van der Waals surface area contributed by atoms with Crippen molar-refractivity contribution in [3.8, 4) is 0 Å². The topological polar surface area (TPSA) is 37.3 Å². The van der Waals surface area contributed by atoms with Crippen LogP contribution in [0.1, 0.15) is 12.8 Å². The fraction of sp³-hybridized carbons (Fsp3) is 0.667. The van der Waals surface area contributed by atoms with Crippen LogP contribution in [0.2, 0.25) is 18.9 Å². The first-order valence-corrected chi connectivity index (χ1v) is 13.9. The molecule has 0 aliphatic carbocycles. The minimum atomic E-state index is -0.817. The molecule has 82 valence electrons. The van der Waals surface area contributed by atoms with Gasteiger partial charge in [-0.15, -0.1) is 0 Å². The molecule has 0 fully saturated rings. The molecule has 0 saturated heterocycles. The van der Waals surface area contributed by atoms with Crippen LogP contribution in [0.15, 0.2) is 12.2 Å². The molecule has 0 saturated carbocycles. The van der Waals surface area contributed by atoms with Gasteiger partial charge in [-0.05, 0) is 0 Å². The Bertz CT molecular complexity index is 204. The van der Waals surface area contributed by atoms with Crippen LogP contribution in [-0.2, 0) is 4.79 Å². The molecule has 0 aliphatic rings. The van der Waals surface area contributed by atoms with Gasteiger partial charge in [-0.3, -0.25) is 0 Å². The van der Waals surface area contributed by atoms with Crippen LogP contribution < -0.4 is 0 Å². The van der Waals surface area contributed by atoms with E-state index in [-0.39, 0.29) is 47.3 Å². The number of carboxylic acids is 1. The fourth-order valence-corrected chi connectivity index (χ4v) is 13.3. The third-order valence-corrected chi connectivity index (χ3v) is 25.7. The third-order valence-electron chi connectivity index (χ3n) is 2.38. The van der Waals surface area contributed by atoms with Crippen molar-refractivity contribution in [1.29, 1.82) is 0 Å². The van der Waals surface area contributed by atoms with Gasteiger partial charge in [-0.2, -0.15) is 0 Å². The number of hydrogen-bond donors (Lipinski definition) is 1. The van der Waals surface area contributed by atoms with E-state index in [0.717, 1.165) is 6.42 Å². The maximum absolute atomic E-state index is 10.6. The average Bonchev–Trinajstić information content (AvgIpc) is 2.20. The van der Waals surface area contributed by atoms with E-state index in [1.54, 1.807) is 0 Å². The Hall–Kier alpha value is 0.885. The molecule has 0 aromatic rings. The molecule has 0 radical (unpaired) electrons. The predicted molar refractivity (Wildman–Crippen MR) is 67.7 cm³/mol. The van der Waals surface area contributed by atoms with E-state index in [1.807, 2.05) is 0 Å². The van der Waals surface area contributed by atoms with Gasteiger partial charge < -0.3 is 0 Å². The molecule has 0 bridgehead atoms. The molecule has 2 nitrogen and oxygen atoms in total. The molecule has 3 unspecified atom stereocenters. The number of rotatable bonds is 7. The van der Waals surface area contributed by atoms with Gasteiger partial charge in [0.25, 0.3) is 0 Å². The number of aliphatic carboxylic acids is 1. The van der Waals surface area contributed by atoms with Gasteiger partial charge in [0.1, 0.15) is 0 Å². The van der Waals surface area contributed by atoms with Crippen molar-refractivity contribution >= 4 is 53.2 Å². The predicted octanol–water partition coefficient (Wildman–Crippen LogP) is 0.935. The number of carboxylic acid groups (broad SMARTS) is 1. The van der Waals surface area contributed by atoms with Crippen LogP contribution in [0.3, 0.4) is 0 Å². The molecule has 3 atom stereocenters. The van der Waals surface area contributed by atoms with Crippen molar-refractivity contribution in [1.82, 2.24) is 0 Å². The molecular formula is C9H19As3O2. The van der Waals surface area contributed by atoms with Crippen LogP contribution in [0, 0.1) is 0 Å². The molecule has 0 heterocycles. The summed E-state index contributed by atoms with van der Waals surface area (Å²) in [5.74, 6) is -0.817. The first-order chi connectivity index (χ1) is 6.51. The molecule has 1 N–H and O–H groups in total. The maximum atomic E-state index is 10.6. The van der Waals surface area contributed by atoms with Crippen molar-refractivity contribution in [2.24, 2.45) is 0 Å². The summed E-state index contributed by atoms with van der Waals surface area (Å²) < 4.78 is 0.693. The summed E-state index contributed by atoms with van der Waals surface area (Å²) in [6.07, 6.45) is 1.82. The Morgan fingerprint density at radius 1 is 1.29 bits per heavy atom. The van der Waals surface area contributed by atoms with E-state index in [1.165, 1.54) is 0 Å². The zero-order valence-electron chi connectivity index (χ0n) is 8.98. The van der Waals surface area contributed by atoms with Gasteiger partial charge in [0, 0.05) is 0 Å². The summed E-state index contributed by atoms with van der Waals surface area (Å²) in [4.78, 5) is 10.6. The van der Waals surface area contributed by atoms with E-state index in [9.17, 15) is 4.79 Å². The van der Waals surface area contributed by atoms with Crippen molar-refractivity contribution in [2.45, 2.75) is 31.8 Å². The van der Waals surface area contributed by atoms with Gasteiger partial charge in [0.2, 0.25) is 0 Å². The summed E-state index contributed by atoms with van der Waals surface area (Å²) in [6.45, 7) is 3.60. The second-order valence-corrected chi connectivity index (χ2v) is 18.2. The van der Waals surface area contributed by atoms with Crippen LogP contribution in [0.25, 0.3) is 0 Å². The summed E-state index contributed by atoms with van der Waals surface area (Å²) in [7, 11) is 0. The summed E-state index contributed by atoms with van der Waals surface area (Å²) in [5.41, 5.74) is 7.49. The van der Waals surface area contributed by atoms with Crippen LogP contribution in [0.4, 0.5) is 0 Å². The van der Waals surface area contributed by atoms with Gasteiger partial charge in [0.05, 0.1) is 0 Å². The van der Waals surface area contributed by atoms with Gasteiger partial charge >= 0.3 is 107 Å². The van der Waals surface area contributed by atoms with E-state index in [2.05, 4.69) is 23.7 Å². The molecule has 14 heavy (non-hydrogen) atoms. The quantitative estimate of drug-likeness (QED) is 0.524. The molecule has 0 aromatic carbocycles. The van der Waals surface area contributed by atoms with Gasteiger partial charge in [-0.25, -0.2) is 0 Å². The zero-order chi connectivity index (χ0) is 11.2. The molecule has 0 aliphatic heterocycles. The standard InChI is InChI=1S/C9H19As3O2/c1-7(8(13)14)5-6-9(10-2,11-3)12-4/h10-12H,1,5-6H2,2-4H3,(H,13,14). The van der Waals surface area contributed by atoms with Crippen LogP contribution >= 0.6 is 0 Å². The fourth-order valence-electron chi connectivity index (χ4n) is 1.20. The molecule has 0 amide bonds.